The van der Waals surface area contributed by atoms with E-state index in [0.717, 1.165) is 22.8 Å². The lowest BCUT2D eigenvalue weighted by atomic mass is 9.99. The number of hydrogen-bond donors (Lipinski definition) is 2. The number of benzene rings is 2. The first-order valence-corrected chi connectivity index (χ1v) is 9.82. The van der Waals surface area contributed by atoms with Crippen LogP contribution >= 0.6 is 11.6 Å². The highest BCUT2D eigenvalue weighted by atomic mass is 35.5. The predicted molar refractivity (Wildman–Crippen MR) is 120 cm³/mol. The van der Waals surface area contributed by atoms with Gasteiger partial charge in [-0.3, -0.25) is 19.7 Å². The van der Waals surface area contributed by atoms with Gasteiger partial charge in [0.2, 0.25) is 0 Å². The van der Waals surface area contributed by atoms with E-state index in [-0.39, 0.29) is 5.69 Å². The van der Waals surface area contributed by atoms with E-state index in [2.05, 4.69) is 4.98 Å². The summed E-state index contributed by atoms with van der Waals surface area (Å²) in [6.45, 7) is 2.32. The molecule has 0 saturated heterocycles. The van der Waals surface area contributed by atoms with Crippen LogP contribution in [0.5, 0.6) is 0 Å². The van der Waals surface area contributed by atoms with Gasteiger partial charge in [0.1, 0.15) is 5.82 Å². The number of carboxylic acid groups (broad SMARTS) is 2. The number of nitro groups is 1. The van der Waals surface area contributed by atoms with Gasteiger partial charge < -0.3 is 10.2 Å². The molecule has 0 atom stereocenters. The Balaban J connectivity index is 0.000000331. The van der Waals surface area contributed by atoms with Gasteiger partial charge in [0.15, 0.2) is 0 Å². The summed E-state index contributed by atoms with van der Waals surface area (Å²) in [6.07, 6.45) is 2.89. The number of rotatable bonds is 4. The SMILES string of the molecule is Cc1ncc2n1-c1ccc([N+](=O)[O-])cc1C(c1ccccc1Cl)=NC2.O=C(O)/C=C\C(=O)O. The molecule has 168 valence electrons. The molecule has 1 aliphatic heterocycles. The number of fused-ring (bicyclic) bond motifs is 3. The van der Waals surface area contributed by atoms with Gasteiger partial charge in [0, 0.05) is 40.4 Å². The molecule has 0 fully saturated rings. The minimum absolute atomic E-state index is 0.0136. The second kappa shape index (κ2) is 9.88. The largest absolute Gasteiger partial charge is 0.478 e. The molecule has 2 N–H and O–H groups in total. The van der Waals surface area contributed by atoms with Crippen LogP contribution in [0, 0.1) is 17.0 Å². The Morgan fingerprint density at radius 3 is 2.39 bits per heavy atom. The van der Waals surface area contributed by atoms with Crippen LogP contribution < -0.4 is 0 Å². The molecule has 0 aliphatic carbocycles. The molecule has 0 spiro atoms. The second-order valence-electron chi connectivity index (χ2n) is 6.75. The predicted octanol–water partition coefficient (Wildman–Crippen LogP) is 3.81. The number of aromatic nitrogens is 2. The lowest BCUT2D eigenvalue weighted by Crippen LogP contribution is -2.09. The van der Waals surface area contributed by atoms with E-state index in [1.807, 2.05) is 29.7 Å². The van der Waals surface area contributed by atoms with Crippen LogP contribution in [0.25, 0.3) is 5.69 Å². The summed E-state index contributed by atoms with van der Waals surface area (Å²) < 4.78 is 1.98. The molecule has 1 aliphatic rings. The fourth-order valence-corrected chi connectivity index (χ4v) is 3.45. The van der Waals surface area contributed by atoms with Gasteiger partial charge in [0.05, 0.1) is 34.8 Å². The number of non-ortho nitro benzene ring substituents is 1. The second-order valence-corrected chi connectivity index (χ2v) is 7.15. The average Bonchev–Trinajstić information content (AvgIpc) is 3.05. The fraction of sp³-hybridized carbons (Fsp3) is 0.0909. The third kappa shape index (κ3) is 5.31. The highest BCUT2D eigenvalue weighted by molar-refractivity contribution is 6.35. The number of halogens is 1. The number of nitrogens with zero attached hydrogens (tertiary/aromatic N) is 4. The Kier molecular flexibility index (Phi) is 6.99. The summed E-state index contributed by atoms with van der Waals surface area (Å²) in [4.78, 5) is 39.0. The minimum atomic E-state index is -1.26. The molecule has 2 heterocycles. The van der Waals surface area contributed by atoms with Crippen molar-refractivity contribution in [3.05, 3.63) is 98.6 Å². The molecule has 0 saturated carbocycles. The van der Waals surface area contributed by atoms with Crippen LogP contribution in [0.3, 0.4) is 0 Å². The number of aliphatic imine (C=N–C) groups is 1. The summed E-state index contributed by atoms with van der Waals surface area (Å²) in [5, 5.41) is 27.4. The Hall–Kier alpha value is -4.31. The molecular formula is C22H17ClN4O6. The maximum atomic E-state index is 11.3. The van der Waals surface area contributed by atoms with Crippen molar-refractivity contribution in [1.29, 1.82) is 0 Å². The Morgan fingerprint density at radius 1 is 1.12 bits per heavy atom. The smallest absolute Gasteiger partial charge is 0.328 e. The number of hydrogen-bond acceptors (Lipinski definition) is 6. The summed E-state index contributed by atoms with van der Waals surface area (Å²) >= 11 is 6.36. The van der Waals surface area contributed by atoms with Crippen LogP contribution in [-0.2, 0) is 16.1 Å². The van der Waals surface area contributed by atoms with Crippen molar-refractivity contribution in [2.75, 3.05) is 0 Å². The first kappa shape index (κ1) is 23.4. The molecule has 2 aromatic carbocycles. The third-order valence-electron chi connectivity index (χ3n) is 4.59. The molecule has 10 nitrogen and oxygen atoms in total. The first-order valence-electron chi connectivity index (χ1n) is 9.44. The van der Waals surface area contributed by atoms with Crippen molar-refractivity contribution in [3.63, 3.8) is 0 Å². The maximum Gasteiger partial charge on any atom is 0.328 e. The lowest BCUT2D eigenvalue weighted by molar-refractivity contribution is -0.384. The maximum absolute atomic E-state index is 11.3. The standard InChI is InChI=1S/C18H13ClN4O2.C4H4O4/c1-11-20-9-13-10-21-18(14-4-2-3-5-16(14)19)15-8-12(23(24)25)6-7-17(15)22(11)13;5-3(6)1-2-4(7)8/h2-9H,10H2,1H3;1-2H,(H,5,6)(H,7,8)/b;2-1-. The van der Waals surface area contributed by atoms with Crippen LogP contribution in [0.15, 0.2) is 65.8 Å². The van der Waals surface area contributed by atoms with E-state index in [9.17, 15) is 19.7 Å². The van der Waals surface area contributed by atoms with Gasteiger partial charge in [-0.1, -0.05) is 29.8 Å². The zero-order chi connectivity index (χ0) is 24.1. The van der Waals surface area contributed by atoms with Crippen LogP contribution in [-0.4, -0.2) is 42.3 Å². The number of nitro benzene ring substituents is 1. The first-order chi connectivity index (χ1) is 15.7. The summed E-state index contributed by atoms with van der Waals surface area (Å²) in [5.41, 5.74) is 3.82. The van der Waals surface area contributed by atoms with Crippen molar-refractivity contribution in [2.45, 2.75) is 13.5 Å². The van der Waals surface area contributed by atoms with Crippen LogP contribution in [0.2, 0.25) is 5.02 Å². The number of carboxylic acids is 2. The molecular weight excluding hydrogens is 452 g/mol. The van der Waals surface area contributed by atoms with E-state index in [1.54, 1.807) is 24.4 Å². The van der Waals surface area contributed by atoms with Crippen molar-refractivity contribution < 1.29 is 24.7 Å². The van der Waals surface area contributed by atoms with Crippen LogP contribution in [0.1, 0.15) is 22.6 Å². The summed E-state index contributed by atoms with van der Waals surface area (Å²) in [5.74, 6) is -1.71. The molecule has 11 heteroatoms. The van der Waals surface area contributed by atoms with Crippen molar-refractivity contribution in [1.82, 2.24) is 9.55 Å². The fourth-order valence-electron chi connectivity index (χ4n) is 3.23. The van der Waals surface area contributed by atoms with Crippen molar-refractivity contribution in [2.24, 2.45) is 4.99 Å². The van der Waals surface area contributed by atoms with Gasteiger partial charge in [-0.15, -0.1) is 0 Å². The number of carbonyl (C=O) groups is 2. The average molecular weight is 469 g/mol. The molecule has 0 amide bonds. The Morgan fingerprint density at radius 2 is 1.79 bits per heavy atom. The lowest BCUT2D eigenvalue weighted by Gasteiger charge is -2.13. The highest BCUT2D eigenvalue weighted by Gasteiger charge is 2.24. The van der Waals surface area contributed by atoms with E-state index in [4.69, 9.17) is 26.8 Å². The van der Waals surface area contributed by atoms with Gasteiger partial charge >= 0.3 is 11.9 Å². The van der Waals surface area contributed by atoms with Gasteiger partial charge in [-0.05, 0) is 19.1 Å². The normalized spacial score (nSPS) is 12.0. The minimum Gasteiger partial charge on any atom is -0.478 e. The summed E-state index contributed by atoms with van der Waals surface area (Å²) in [7, 11) is 0. The molecule has 1 aromatic heterocycles. The molecule has 3 aromatic rings. The topological polar surface area (TPSA) is 148 Å². The zero-order valence-electron chi connectivity index (χ0n) is 17.2. The van der Waals surface area contributed by atoms with E-state index < -0.39 is 16.9 Å². The van der Waals surface area contributed by atoms with Gasteiger partial charge in [-0.25, -0.2) is 14.6 Å². The van der Waals surface area contributed by atoms with Gasteiger partial charge in [-0.2, -0.15) is 0 Å². The van der Waals surface area contributed by atoms with Crippen molar-refractivity contribution in [3.8, 4) is 5.69 Å². The Bertz CT molecular complexity index is 1300. The quantitative estimate of drug-likeness (QED) is 0.336. The zero-order valence-corrected chi connectivity index (χ0v) is 17.9. The summed E-state index contributed by atoms with van der Waals surface area (Å²) in [6, 6.07) is 12.2. The number of imidazole rings is 1. The molecule has 0 radical (unpaired) electrons. The number of aryl methyl sites for hydroxylation is 1. The third-order valence-corrected chi connectivity index (χ3v) is 4.92. The van der Waals surface area contributed by atoms with E-state index >= 15 is 0 Å². The highest BCUT2D eigenvalue weighted by Crippen LogP contribution is 2.31. The van der Waals surface area contributed by atoms with Crippen molar-refractivity contribution >= 4 is 34.9 Å². The van der Waals surface area contributed by atoms with E-state index in [1.165, 1.54) is 6.07 Å². The van der Waals surface area contributed by atoms with E-state index in [0.29, 0.717) is 35.0 Å². The number of aliphatic carboxylic acids is 2. The monoisotopic (exact) mass is 468 g/mol. The Labute approximate surface area is 192 Å². The molecule has 0 bridgehead atoms. The molecule has 0 unspecified atom stereocenters. The van der Waals surface area contributed by atoms with Gasteiger partial charge in [0.25, 0.3) is 5.69 Å². The molecule has 4 rings (SSSR count). The molecule has 33 heavy (non-hydrogen) atoms. The van der Waals surface area contributed by atoms with Crippen LogP contribution in [0.4, 0.5) is 5.69 Å².